The van der Waals surface area contributed by atoms with Crippen molar-refractivity contribution in [3.05, 3.63) is 54.4 Å². The molecule has 5 nitrogen and oxygen atoms in total. The molecule has 0 saturated heterocycles. The highest BCUT2D eigenvalue weighted by molar-refractivity contribution is 6.18. The van der Waals surface area contributed by atoms with Gasteiger partial charge in [-0.25, -0.2) is 9.97 Å². The number of fused-ring (bicyclic) bond motifs is 1. The van der Waals surface area contributed by atoms with Crippen LogP contribution < -0.4 is 14.8 Å². The number of hydrogen-bond acceptors (Lipinski definition) is 5. The molecule has 0 radical (unpaired) electrons. The highest BCUT2D eigenvalue weighted by Crippen LogP contribution is 2.34. The summed E-state index contributed by atoms with van der Waals surface area (Å²) < 4.78 is 11.1. The molecule has 0 atom stereocenters. The topological polar surface area (TPSA) is 56.3 Å². The van der Waals surface area contributed by atoms with Crippen molar-refractivity contribution in [3.63, 3.8) is 0 Å². The van der Waals surface area contributed by atoms with Crippen molar-refractivity contribution in [2.24, 2.45) is 0 Å². The molecule has 0 aliphatic heterocycles. The van der Waals surface area contributed by atoms with Gasteiger partial charge in [-0.05, 0) is 30.7 Å². The molecule has 0 aliphatic rings. The van der Waals surface area contributed by atoms with Crippen molar-refractivity contribution in [1.29, 1.82) is 0 Å². The molecule has 0 fully saturated rings. The standard InChI is InChI=1S/C20H20ClN3O2/c1-3-4-14-5-7-15(8-6-14)24-20-16-11-19(26-10-9-21)18(25-2)12-17(16)22-13-23-20/h3-8,11-13H,9-10H2,1-2H3,(H,22,23,24)/b4-3+. The first kappa shape index (κ1) is 18.0. The number of nitrogens with one attached hydrogen (secondary N) is 1. The van der Waals surface area contributed by atoms with Gasteiger partial charge in [-0.2, -0.15) is 0 Å². The van der Waals surface area contributed by atoms with Crippen molar-refractivity contribution in [3.8, 4) is 11.5 Å². The van der Waals surface area contributed by atoms with Crippen LogP contribution in [0.5, 0.6) is 11.5 Å². The van der Waals surface area contributed by atoms with Crippen molar-refractivity contribution in [1.82, 2.24) is 9.97 Å². The van der Waals surface area contributed by atoms with Crippen LogP contribution in [-0.4, -0.2) is 29.6 Å². The third-order valence-electron chi connectivity index (χ3n) is 3.79. The molecule has 1 N–H and O–H groups in total. The zero-order valence-electron chi connectivity index (χ0n) is 14.7. The zero-order valence-corrected chi connectivity index (χ0v) is 15.5. The first-order valence-corrected chi connectivity index (χ1v) is 8.80. The molecule has 0 amide bonds. The van der Waals surface area contributed by atoms with Crippen molar-refractivity contribution in [2.75, 3.05) is 24.9 Å². The fourth-order valence-electron chi connectivity index (χ4n) is 2.59. The van der Waals surface area contributed by atoms with Crippen molar-refractivity contribution >= 4 is 40.1 Å². The Kier molecular flexibility index (Phi) is 5.92. The second kappa shape index (κ2) is 8.54. The van der Waals surface area contributed by atoms with E-state index in [2.05, 4.69) is 21.4 Å². The SMILES string of the molecule is C/C=C/c1ccc(Nc2ncnc3cc(OC)c(OCCCl)cc23)cc1. The highest BCUT2D eigenvalue weighted by atomic mass is 35.5. The number of anilines is 2. The van der Waals surface area contributed by atoms with Gasteiger partial charge < -0.3 is 14.8 Å². The normalized spacial score (nSPS) is 11.0. The van der Waals surface area contributed by atoms with Gasteiger partial charge in [0.2, 0.25) is 0 Å². The number of benzene rings is 2. The van der Waals surface area contributed by atoms with Gasteiger partial charge in [0, 0.05) is 17.1 Å². The Morgan fingerprint density at radius 3 is 2.62 bits per heavy atom. The fraction of sp³-hybridized carbons (Fsp3) is 0.200. The Labute approximate surface area is 157 Å². The monoisotopic (exact) mass is 369 g/mol. The predicted octanol–water partition coefficient (Wildman–Crippen LogP) is 5.03. The summed E-state index contributed by atoms with van der Waals surface area (Å²) >= 11 is 5.73. The van der Waals surface area contributed by atoms with Gasteiger partial charge in [-0.15, -0.1) is 11.6 Å². The van der Waals surface area contributed by atoms with Crippen LogP contribution in [0, 0.1) is 0 Å². The first-order valence-electron chi connectivity index (χ1n) is 8.26. The molecule has 0 aliphatic carbocycles. The largest absolute Gasteiger partial charge is 0.493 e. The molecule has 1 heterocycles. The Hall–Kier alpha value is -2.79. The molecular formula is C20H20ClN3O2. The van der Waals surface area contributed by atoms with Gasteiger partial charge in [0.05, 0.1) is 18.5 Å². The van der Waals surface area contributed by atoms with E-state index in [1.807, 2.05) is 49.4 Å². The van der Waals surface area contributed by atoms with E-state index in [-0.39, 0.29) is 0 Å². The van der Waals surface area contributed by atoms with Gasteiger partial charge in [0.25, 0.3) is 0 Å². The van der Waals surface area contributed by atoms with Crippen LogP contribution in [0.4, 0.5) is 11.5 Å². The summed E-state index contributed by atoms with van der Waals surface area (Å²) in [5.41, 5.74) is 2.85. The van der Waals surface area contributed by atoms with E-state index < -0.39 is 0 Å². The molecule has 3 aromatic rings. The number of alkyl halides is 1. The van der Waals surface area contributed by atoms with Gasteiger partial charge in [0.15, 0.2) is 11.5 Å². The first-order chi connectivity index (χ1) is 12.7. The lowest BCUT2D eigenvalue weighted by Gasteiger charge is -2.13. The summed E-state index contributed by atoms with van der Waals surface area (Å²) in [6.07, 6.45) is 5.59. The van der Waals surface area contributed by atoms with Crippen LogP contribution >= 0.6 is 11.6 Å². The number of halogens is 1. The van der Waals surface area contributed by atoms with Gasteiger partial charge >= 0.3 is 0 Å². The summed E-state index contributed by atoms with van der Waals surface area (Å²) in [5, 5.41) is 4.18. The molecule has 1 aromatic heterocycles. The van der Waals surface area contributed by atoms with E-state index in [1.54, 1.807) is 7.11 Å². The average molecular weight is 370 g/mol. The smallest absolute Gasteiger partial charge is 0.162 e. The second-order valence-corrected chi connectivity index (χ2v) is 5.90. The van der Waals surface area contributed by atoms with Crippen molar-refractivity contribution in [2.45, 2.75) is 6.92 Å². The van der Waals surface area contributed by atoms with Crippen LogP contribution in [0.15, 0.2) is 48.8 Å². The summed E-state index contributed by atoms with van der Waals surface area (Å²) in [5.74, 6) is 2.33. The maximum atomic E-state index is 5.73. The molecule has 0 bridgehead atoms. The Bertz CT molecular complexity index is 911. The molecular weight excluding hydrogens is 350 g/mol. The van der Waals surface area contributed by atoms with E-state index >= 15 is 0 Å². The minimum Gasteiger partial charge on any atom is -0.493 e. The predicted molar refractivity (Wildman–Crippen MR) is 107 cm³/mol. The quantitative estimate of drug-likeness (QED) is 0.592. The average Bonchev–Trinajstić information content (AvgIpc) is 2.67. The number of methoxy groups -OCH3 is 1. The lowest BCUT2D eigenvalue weighted by Crippen LogP contribution is -2.02. The Morgan fingerprint density at radius 2 is 1.92 bits per heavy atom. The molecule has 134 valence electrons. The minimum absolute atomic E-state index is 0.395. The summed E-state index contributed by atoms with van der Waals surface area (Å²) in [6, 6.07) is 11.8. The molecule has 0 spiro atoms. The number of ether oxygens (including phenoxy) is 2. The summed E-state index contributed by atoms with van der Waals surface area (Å²) in [6.45, 7) is 2.39. The molecule has 0 saturated carbocycles. The number of aromatic nitrogens is 2. The highest BCUT2D eigenvalue weighted by Gasteiger charge is 2.11. The molecule has 2 aromatic carbocycles. The zero-order chi connectivity index (χ0) is 18.4. The molecule has 6 heteroatoms. The molecule has 3 rings (SSSR count). The van der Waals surface area contributed by atoms with E-state index in [0.717, 1.165) is 22.2 Å². The third kappa shape index (κ3) is 4.06. The maximum absolute atomic E-state index is 5.73. The van der Waals surface area contributed by atoms with E-state index in [1.165, 1.54) is 6.33 Å². The van der Waals surface area contributed by atoms with E-state index in [9.17, 15) is 0 Å². The second-order valence-electron chi connectivity index (χ2n) is 5.53. The van der Waals surface area contributed by atoms with Gasteiger partial charge in [-0.1, -0.05) is 24.3 Å². The fourth-order valence-corrected chi connectivity index (χ4v) is 2.67. The Balaban J connectivity index is 1.96. The number of hydrogen-bond donors (Lipinski definition) is 1. The Morgan fingerprint density at radius 1 is 1.12 bits per heavy atom. The van der Waals surface area contributed by atoms with E-state index in [4.69, 9.17) is 21.1 Å². The molecule has 26 heavy (non-hydrogen) atoms. The van der Waals surface area contributed by atoms with Crippen LogP contribution in [-0.2, 0) is 0 Å². The maximum Gasteiger partial charge on any atom is 0.162 e. The van der Waals surface area contributed by atoms with Crippen LogP contribution in [0.25, 0.3) is 17.0 Å². The van der Waals surface area contributed by atoms with Crippen LogP contribution in [0.1, 0.15) is 12.5 Å². The number of allylic oxidation sites excluding steroid dienone is 1. The molecule has 0 unspecified atom stereocenters. The minimum atomic E-state index is 0.395. The van der Waals surface area contributed by atoms with Crippen LogP contribution in [0.3, 0.4) is 0 Å². The van der Waals surface area contributed by atoms with Crippen LogP contribution in [0.2, 0.25) is 0 Å². The van der Waals surface area contributed by atoms with Gasteiger partial charge in [0.1, 0.15) is 18.8 Å². The van der Waals surface area contributed by atoms with E-state index in [0.29, 0.717) is 29.8 Å². The third-order valence-corrected chi connectivity index (χ3v) is 3.94. The van der Waals surface area contributed by atoms with Crippen molar-refractivity contribution < 1.29 is 9.47 Å². The van der Waals surface area contributed by atoms with Gasteiger partial charge in [-0.3, -0.25) is 0 Å². The summed E-state index contributed by atoms with van der Waals surface area (Å²) in [4.78, 5) is 8.71. The number of nitrogens with zero attached hydrogens (tertiary/aromatic N) is 2. The lowest BCUT2D eigenvalue weighted by atomic mass is 10.1. The summed E-state index contributed by atoms with van der Waals surface area (Å²) in [7, 11) is 1.60. The number of rotatable bonds is 7. The lowest BCUT2D eigenvalue weighted by molar-refractivity contribution is 0.313.